The molecule has 0 bridgehead atoms. The van der Waals surface area contributed by atoms with Crippen LogP contribution in [0.1, 0.15) is 33.8 Å². The summed E-state index contributed by atoms with van der Waals surface area (Å²) in [6.07, 6.45) is 2.47. The van der Waals surface area contributed by atoms with Crippen molar-refractivity contribution in [2.45, 2.75) is 18.3 Å². The Balaban J connectivity index is 1.43. The predicted octanol–water partition coefficient (Wildman–Crippen LogP) is -1.13. The smallest absolute Gasteiger partial charge is 0.307 e. The average Bonchev–Trinajstić information content (AvgIpc) is 3.72. The lowest BCUT2D eigenvalue weighted by molar-refractivity contribution is 0.0927. The molecular formula is C31H19N3O11. The standard InChI is InChI=1S/C31H19N3O11/c1-44-16-9-14(35)18-19(23(16)36)25(38)21-20(24(18)37)27(40)31(28(21)41)5-4-11-7-12-8-13(33-30(43)17(12)26(39)22(11)31)10-32-34-29(42)15-3-2-6-45-15/h2-3,6-10,39-41H,4-5H2,1H3,(H,33,43)(H,34,42)/b32-10+. The van der Waals surface area contributed by atoms with Crippen LogP contribution in [-0.2, 0) is 11.8 Å². The van der Waals surface area contributed by atoms with Crippen LogP contribution in [-0.4, -0.2) is 39.5 Å². The summed E-state index contributed by atoms with van der Waals surface area (Å²) >= 11 is 0. The minimum atomic E-state index is -2.01. The van der Waals surface area contributed by atoms with E-state index in [4.69, 9.17) is 9.15 Å². The molecule has 4 aliphatic rings. The molecule has 1 aromatic carbocycles. The summed E-state index contributed by atoms with van der Waals surface area (Å²) in [5.74, 6) is -3.29. The molecule has 4 aliphatic carbocycles. The highest BCUT2D eigenvalue weighted by atomic mass is 16.5. The number of H-pyrrole nitrogens is 1. The van der Waals surface area contributed by atoms with E-state index >= 15 is 0 Å². The summed E-state index contributed by atoms with van der Waals surface area (Å²) in [4.78, 5) is 80.6. The van der Waals surface area contributed by atoms with E-state index in [1.807, 2.05) is 0 Å². The molecule has 14 nitrogen and oxygen atoms in total. The number of carbonyl (C=O) groups excluding carboxylic acids is 1. The lowest BCUT2D eigenvalue weighted by Gasteiger charge is -2.27. The highest BCUT2D eigenvalue weighted by Gasteiger charge is 2.53. The van der Waals surface area contributed by atoms with Gasteiger partial charge >= 0.3 is 5.91 Å². The van der Waals surface area contributed by atoms with Crippen LogP contribution in [0.15, 0.2) is 70.1 Å². The number of ether oxygens (including phenoxy) is 1. The fourth-order valence-electron chi connectivity index (χ4n) is 6.46. The van der Waals surface area contributed by atoms with Crippen LogP contribution in [0, 0.1) is 10.4 Å². The third-order valence-corrected chi connectivity index (χ3v) is 8.39. The number of aromatic amines is 1. The van der Waals surface area contributed by atoms with E-state index in [0.717, 1.165) is 13.2 Å². The number of aliphatic hydroxyl groups excluding tert-OH is 2. The van der Waals surface area contributed by atoms with E-state index in [1.54, 1.807) is 6.07 Å². The van der Waals surface area contributed by atoms with Crippen molar-refractivity contribution in [1.82, 2.24) is 10.4 Å². The molecule has 1 amide bonds. The Bertz CT molecular complexity index is 2670. The second kappa shape index (κ2) is 9.34. The number of aryl methyl sites for hydroxylation is 1. The van der Waals surface area contributed by atoms with Gasteiger partial charge in [-0.3, -0.25) is 28.8 Å². The fraction of sp³-hybridized carbons (Fsp3) is 0.129. The summed E-state index contributed by atoms with van der Waals surface area (Å²) in [5, 5.41) is 35.5. The minimum absolute atomic E-state index is 0.0192. The number of phenols is 1. The van der Waals surface area contributed by atoms with E-state index < -0.39 is 82.5 Å². The minimum Gasteiger partial charge on any atom is -0.510 e. The number of benzene rings is 1. The topological polar surface area (TPSA) is 226 Å². The number of hydrogen-bond donors (Lipinski definition) is 5. The molecule has 2 heterocycles. The predicted molar refractivity (Wildman–Crippen MR) is 157 cm³/mol. The number of aliphatic hydroxyl groups is 2. The Kier molecular flexibility index (Phi) is 5.71. The number of rotatable bonds is 4. The van der Waals surface area contributed by atoms with Gasteiger partial charge < -0.3 is 29.5 Å². The zero-order valence-electron chi connectivity index (χ0n) is 23.0. The van der Waals surface area contributed by atoms with Gasteiger partial charge in [0.05, 0.1) is 51.5 Å². The second-order valence-electron chi connectivity index (χ2n) is 10.6. The molecule has 224 valence electrons. The number of furan rings is 1. The van der Waals surface area contributed by atoms with Gasteiger partial charge in [-0.15, -0.1) is 0 Å². The maximum Gasteiger partial charge on any atom is 0.307 e. The maximum absolute atomic E-state index is 13.6. The number of methoxy groups -OCH3 is 1. The zero-order valence-corrected chi connectivity index (χ0v) is 23.0. The van der Waals surface area contributed by atoms with Gasteiger partial charge in [0.15, 0.2) is 16.9 Å². The molecule has 2 aromatic heterocycles. The number of phenolic OH excluding ortho intramolecular Hbond substituents is 1. The number of hydrazone groups is 1. The summed E-state index contributed by atoms with van der Waals surface area (Å²) in [6, 6.07) is 6.74. The average molecular weight is 610 g/mol. The number of pyridine rings is 1. The van der Waals surface area contributed by atoms with Gasteiger partial charge in [0.1, 0.15) is 22.7 Å². The molecule has 0 fully saturated rings. The highest BCUT2D eigenvalue weighted by molar-refractivity contribution is 5.97. The third kappa shape index (κ3) is 3.53. The summed E-state index contributed by atoms with van der Waals surface area (Å²) in [5.41, 5.74) is -4.43. The number of nitrogens with one attached hydrogen (secondary N) is 2. The molecule has 5 N–H and O–H groups in total. The number of nitrogens with zero attached hydrogens (tertiary/aromatic N) is 1. The van der Waals surface area contributed by atoms with Crippen LogP contribution in [0.4, 0.5) is 0 Å². The van der Waals surface area contributed by atoms with Crippen molar-refractivity contribution in [3.63, 3.8) is 0 Å². The molecule has 0 radical (unpaired) electrons. The van der Waals surface area contributed by atoms with Crippen LogP contribution >= 0.6 is 0 Å². The molecule has 0 saturated heterocycles. The van der Waals surface area contributed by atoms with Crippen LogP contribution in [0.25, 0.3) is 22.3 Å². The third-order valence-electron chi connectivity index (χ3n) is 8.39. The molecule has 0 saturated carbocycles. The molecule has 45 heavy (non-hydrogen) atoms. The molecule has 0 aliphatic heterocycles. The molecule has 3 aromatic rings. The Morgan fingerprint density at radius 1 is 1.00 bits per heavy atom. The monoisotopic (exact) mass is 609 g/mol. The zero-order chi connectivity index (χ0) is 31.9. The van der Waals surface area contributed by atoms with Crippen LogP contribution < -0.4 is 47.9 Å². The number of aromatic hydroxyl groups is 1. The molecule has 7 rings (SSSR count). The Morgan fingerprint density at radius 2 is 1.71 bits per heavy atom. The fourth-order valence-corrected chi connectivity index (χ4v) is 6.46. The van der Waals surface area contributed by atoms with Gasteiger partial charge in [0.25, 0.3) is 5.56 Å². The van der Waals surface area contributed by atoms with Gasteiger partial charge in [-0.2, -0.15) is 5.10 Å². The van der Waals surface area contributed by atoms with Crippen molar-refractivity contribution in [2.24, 2.45) is 5.10 Å². The first-order valence-electron chi connectivity index (χ1n) is 13.4. The van der Waals surface area contributed by atoms with Gasteiger partial charge in [-0.05, 0) is 42.0 Å². The number of carbonyl (C=O) groups is 1. The summed E-state index contributed by atoms with van der Waals surface area (Å²) in [6.45, 7) is 0. The normalized spacial score (nSPS) is 17.1. The van der Waals surface area contributed by atoms with Gasteiger partial charge in [-0.1, -0.05) is 6.07 Å². The van der Waals surface area contributed by atoms with E-state index in [2.05, 4.69) is 15.5 Å². The van der Waals surface area contributed by atoms with Gasteiger partial charge in [0.2, 0.25) is 16.3 Å². The molecule has 1 atom stereocenters. The molecule has 1 spiro atoms. The Hall–Kier alpha value is -6.31. The van der Waals surface area contributed by atoms with E-state index in [0.29, 0.717) is 5.56 Å². The van der Waals surface area contributed by atoms with Crippen molar-refractivity contribution in [3.8, 4) is 11.5 Å². The summed E-state index contributed by atoms with van der Waals surface area (Å²) < 4.78 is 9.87. The van der Waals surface area contributed by atoms with Gasteiger partial charge in [-0.25, -0.2) is 5.43 Å². The highest BCUT2D eigenvalue weighted by Crippen LogP contribution is 2.54. The Labute approximate surface area is 247 Å². The van der Waals surface area contributed by atoms with E-state index in [-0.39, 0.29) is 40.6 Å². The second-order valence-corrected chi connectivity index (χ2v) is 10.6. The number of hydrogen-bond acceptors (Lipinski definition) is 12. The first kappa shape index (κ1) is 27.5. The number of fused-ring (bicyclic) bond motifs is 4. The Morgan fingerprint density at radius 3 is 2.38 bits per heavy atom. The first-order chi connectivity index (χ1) is 21.5. The molecule has 14 heteroatoms. The van der Waals surface area contributed by atoms with Crippen molar-refractivity contribution in [3.05, 3.63) is 131 Å². The largest absolute Gasteiger partial charge is 0.510 e. The van der Waals surface area contributed by atoms with Crippen molar-refractivity contribution in [2.75, 3.05) is 7.11 Å². The number of amides is 1. The molecular weight excluding hydrogens is 590 g/mol. The van der Waals surface area contributed by atoms with Crippen molar-refractivity contribution >= 4 is 34.4 Å². The lowest BCUT2D eigenvalue weighted by Crippen LogP contribution is -2.51. The van der Waals surface area contributed by atoms with Crippen LogP contribution in [0.3, 0.4) is 0 Å². The quantitative estimate of drug-likeness (QED) is 0.121. The van der Waals surface area contributed by atoms with E-state index in [9.17, 15) is 44.1 Å². The van der Waals surface area contributed by atoms with Crippen LogP contribution in [0.2, 0.25) is 0 Å². The molecule has 1 unspecified atom stereocenters. The van der Waals surface area contributed by atoms with Crippen molar-refractivity contribution in [1.29, 1.82) is 0 Å². The summed E-state index contributed by atoms with van der Waals surface area (Å²) in [7, 11) is 1.11. The van der Waals surface area contributed by atoms with Crippen molar-refractivity contribution < 1.29 is 29.3 Å². The number of aromatic nitrogens is 1. The first-order valence-corrected chi connectivity index (χ1v) is 13.4. The van der Waals surface area contributed by atoms with Gasteiger partial charge in [0, 0.05) is 11.6 Å². The van der Waals surface area contributed by atoms with Crippen LogP contribution in [0.5, 0.6) is 11.5 Å². The van der Waals surface area contributed by atoms with E-state index in [1.165, 1.54) is 30.7 Å². The lowest BCUT2D eigenvalue weighted by atomic mass is 9.78. The maximum atomic E-state index is 13.6. The SMILES string of the molecule is COc1cc(=O)c2c(=O)c3c(c(=O)c=2c1=O)=C(O)C1(CCc2cc4cc(/C=N/NC(=O)c5ccco5)[nH]c(=O)c4c(O)c21)C=3O.